The summed E-state index contributed by atoms with van der Waals surface area (Å²) < 4.78 is 1.54. The zero-order chi connectivity index (χ0) is 15.7. The van der Waals surface area contributed by atoms with E-state index in [0.29, 0.717) is 22.3 Å². The maximum absolute atomic E-state index is 12.5. The second kappa shape index (κ2) is 5.73. The molecule has 0 atom stereocenters. The van der Waals surface area contributed by atoms with E-state index in [4.69, 9.17) is 5.11 Å². The van der Waals surface area contributed by atoms with Crippen molar-refractivity contribution in [3.8, 4) is 0 Å². The van der Waals surface area contributed by atoms with Crippen molar-refractivity contribution in [3.05, 3.63) is 63.0 Å². The number of aryl methyl sites for hydroxylation is 3. The molecule has 0 unspecified atom stereocenters. The van der Waals surface area contributed by atoms with Crippen LogP contribution in [0.3, 0.4) is 0 Å². The minimum Gasteiger partial charge on any atom is -0.477 e. The van der Waals surface area contributed by atoms with Crippen molar-refractivity contribution in [2.45, 2.75) is 19.9 Å². The second-order valence-electron chi connectivity index (χ2n) is 5.02. The zero-order valence-electron chi connectivity index (χ0n) is 11.9. The van der Waals surface area contributed by atoms with Gasteiger partial charge in [-0.15, -0.1) is 11.3 Å². The first-order chi connectivity index (χ1) is 10.6. The summed E-state index contributed by atoms with van der Waals surface area (Å²) in [5.41, 5.74) is 1.46. The van der Waals surface area contributed by atoms with Crippen molar-refractivity contribution in [2.24, 2.45) is 0 Å². The minimum absolute atomic E-state index is 0.179. The van der Waals surface area contributed by atoms with Gasteiger partial charge >= 0.3 is 5.97 Å². The van der Waals surface area contributed by atoms with Gasteiger partial charge in [0.25, 0.3) is 5.56 Å². The minimum atomic E-state index is -1.02. The van der Waals surface area contributed by atoms with Crippen molar-refractivity contribution in [1.82, 2.24) is 9.55 Å². The number of thiophene rings is 1. The number of rotatable bonds is 4. The largest absolute Gasteiger partial charge is 0.477 e. The molecular formula is C16H14N2O3S. The first kappa shape index (κ1) is 14.5. The number of carboxylic acids is 1. The monoisotopic (exact) mass is 314 g/mol. The van der Waals surface area contributed by atoms with Crippen LogP contribution in [0.15, 0.2) is 41.5 Å². The summed E-state index contributed by atoms with van der Waals surface area (Å²) in [6.45, 7) is 2.18. The second-order valence-corrected chi connectivity index (χ2v) is 6.02. The Balaban J connectivity index is 1.98. The summed E-state index contributed by atoms with van der Waals surface area (Å²) >= 11 is 1.05. The SMILES string of the molecule is Cc1c(C(=O)O)sc2ncn(CCc3ccccc3)c(=O)c12. The highest BCUT2D eigenvalue weighted by Crippen LogP contribution is 2.26. The molecule has 2 aromatic heterocycles. The van der Waals surface area contributed by atoms with Gasteiger partial charge in [-0.2, -0.15) is 0 Å². The Kier molecular flexibility index (Phi) is 3.77. The molecule has 5 nitrogen and oxygen atoms in total. The Morgan fingerprint density at radius 2 is 2.05 bits per heavy atom. The van der Waals surface area contributed by atoms with E-state index in [9.17, 15) is 9.59 Å². The van der Waals surface area contributed by atoms with Crippen LogP contribution in [0.2, 0.25) is 0 Å². The Bertz CT molecular complexity index is 897. The molecule has 3 rings (SSSR count). The first-order valence-electron chi connectivity index (χ1n) is 6.83. The number of aromatic carboxylic acids is 1. The van der Waals surface area contributed by atoms with E-state index >= 15 is 0 Å². The Labute approximate surface area is 130 Å². The van der Waals surface area contributed by atoms with Gasteiger partial charge in [-0.25, -0.2) is 9.78 Å². The van der Waals surface area contributed by atoms with Crippen LogP contribution in [0.5, 0.6) is 0 Å². The zero-order valence-corrected chi connectivity index (χ0v) is 12.8. The molecule has 0 amide bonds. The molecule has 112 valence electrons. The maximum atomic E-state index is 12.5. The van der Waals surface area contributed by atoms with Gasteiger partial charge in [0.1, 0.15) is 9.71 Å². The van der Waals surface area contributed by atoms with Gasteiger partial charge in [-0.3, -0.25) is 9.36 Å². The molecule has 2 heterocycles. The lowest BCUT2D eigenvalue weighted by Crippen LogP contribution is -2.21. The molecule has 0 fully saturated rings. The molecule has 22 heavy (non-hydrogen) atoms. The molecule has 0 radical (unpaired) electrons. The average molecular weight is 314 g/mol. The number of nitrogens with zero attached hydrogens (tertiary/aromatic N) is 2. The predicted octanol–water partition coefficient (Wildman–Crippen LogP) is 2.71. The third-order valence-corrected chi connectivity index (χ3v) is 4.78. The Morgan fingerprint density at radius 3 is 2.73 bits per heavy atom. The number of hydrogen-bond acceptors (Lipinski definition) is 4. The summed E-state index contributed by atoms with van der Waals surface area (Å²) in [4.78, 5) is 28.6. The fourth-order valence-corrected chi connectivity index (χ4v) is 3.39. The van der Waals surface area contributed by atoms with Gasteiger partial charge in [-0.1, -0.05) is 30.3 Å². The maximum Gasteiger partial charge on any atom is 0.346 e. The smallest absolute Gasteiger partial charge is 0.346 e. The van der Waals surface area contributed by atoms with Crippen LogP contribution in [0.1, 0.15) is 20.8 Å². The van der Waals surface area contributed by atoms with E-state index in [1.165, 1.54) is 6.33 Å². The molecule has 1 N–H and O–H groups in total. The number of benzene rings is 1. The molecule has 0 bridgehead atoms. The fourth-order valence-electron chi connectivity index (χ4n) is 2.42. The summed E-state index contributed by atoms with van der Waals surface area (Å²) in [5, 5.41) is 9.57. The lowest BCUT2D eigenvalue weighted by atomic mass is 10.1. The van der Waals surface area contributed by atoms with Crippen LogP contribution in [0.25, 0.3) is 10.2 Å². The van der Waals surface area contributed by atoms with Crippen LogP contribution in [0, 0.1) is 6.92 Å². The van der Waals surface area contributed by atoms with Crippen LogP contribution in [0.4, 0.5) is 0 Å². The molecule has 6 heteroatoms. The quantitative estimate of drug-likeness (QED) is 0.803. The average Bonchev–Trinajstić information content (AvgIpc) is 2.86. The molecule has 3 aromatic rings. The lowest BCUT2D eigenvalue weighted by molar-refractivity contribution is 0.0701. The van der Waals surface area contributed by atoms with Crippen molar-refractivity contribution in [3.63, 3.8) is 0 Å². The molecule has 0 aliphatic rings. The summed E-state index contributed by atoms with van der Waals surface area (Å²) in [7, 11) is 0. The molecular weight excluding hydrogens is 300 g/mol. The molecule has 0 aliphatic carbocycles. The van der Waals surface area contributed by atoms with E-state index in [1.807, 2.05) is 30.3 Å². The first-order valence-corrected chi connectivity index (χ1v) is 7.65. The predicted molar refractivity (Wildman–Crippen MR) is 85.7 cm³/mol. The van der Waals surface area contributed by atoms with Crippen LogP contribution < -0.4 is 5.56 Å². The lowest BCUT2D eigenvalue weighted by Gasteiger charge is -2.05. The van der Waals surface area contributed by atoms with E-state index < -0.39 is 5.97 Å². The van der Waals surface area contributed by atoms with Crippen LogP contribution >= 0.6 is 11.3 Å². The van der Waals surface area contributed by atoms with Gasteiger partial charge < -0.3 is 5.11 Å². The molecule has 0 aliphatic heterocycles. The van der Waals surface area contributed by atoms with Crippen LogP contribution in [-0.4, -0.2) is 20.6 Å². The molecule has 0 saturated carbocycles. The number of fused-ring (bicyclic) bond motifs is 1. The normalized spacial score (nSPS) is 11.0. The van der Waals surface area contributed by atoms with Crippen molar-refractivity contribution >= 4 is 27.5 Å². The summed E-state index contributed by atoms with van der Waals surface area (Å²) in [5.74, 6) is -1.02. The van der Waals surface area contributed by atoms with Crippen molar-refractivity contribution in [2.75, 3.05) is 0 Å². The highest BCUT2D eigenvalue weighted by Gasteiger charge is 2.18. The van der Waals surface area contributed by atoms with Gasteiger partial charge in [-0.05, 0) is 24.5 Å². The van der Waals surface area contributed by atoms with E-state index in [0.717, 1.165) is 23.3 Å². The molecule has 0 saturated heterocycles. The molecule has 1 aromatic carbocycles. The van der Waals surface area contributed by atoms with Gasteiger partial charge in [0, 0.05) is 6.54 Å². The number of hydrogen-bond donors (Lipinski definition) is 1. The fraction of sp³-hybridized carbons (Fsp3) is 0.188. The Morgan fingerprint density at radius 1 is 1.32 bits per heavy atom. The van der Waals surface area contributed by atoms with Crippen LogP contribution in [-0.2, 0) is 13.0 Å². The Hall–Kier alpha value is -2.47. The highest BCUT2D eigenvalue weighted by atomic mass is 32.1. The third kappa shape index (κ3) is 2.53. The number of carboxylic acid groups (broad SMARTS) is 1. The van der Waals surface area contributed by atoms with Gasteiger partial charge in [0.05, 0.1) is 11.7 Å². The standard InChI is InChI=1S/C16H14N2O3S/c1-10-12-14(22-13(10)16(20)21)17-9-18(15(12)19)8-7-11-5-3-2-4-6-11/h2-6,9H,7-8H2,1H3,(H,20,21). The topological polar surface area (TPSA) is 72.2 Å². The number of carbonyl (C=O) groups is 1. The summed E-state index contributed by atoms with van der Waals surface area (Å²) in [6, 6.07) is 9.89. The van der Waals surface area contributed by atoms with Crippen molar-refractivity contribution in [1.29, 1.82) is 0 Å². The molecule has 0 spiro atoms. The van der Waals surface area contributed by atoms with Gasteiger partial charge in [0.2, 0.25) is 0 Å². The number of aromatic nitrogens is 2. The van der Waals surface area contributed by atoms with Crippen molar-refractivity contribution < 1.29 is 9.90 Å². The van der Waals surface area contributed by atoms with E-state index in [1.54, 1.807) is 11.5 Å². The third-order valence-electron chi connectivity index (χ3n) is 3.60. The van der Waals surface area contributed by atoms with E-state index in [2.05, 4.69) is 4.98 Å². The summed E-state index contributed by atoms with van der Waals surface area (Å²) in [6.07, 6.45) is 2.22. The van der Waals surface area contributed by atoms with Gasteiger partial charge in [0.15, 0.2) is 0 Å². The highest BCUT2D eigenvalue weighted by molar-refractivity contribution is 7.20. The van der Waals surface area contributed by atoms with E-state index in [-0.39, 0.29) is 10.4 Å².